The number of nitrogens with one attached hydrogen (secondary N) is 1. The SMILES string of the molecule is C[C@@H]1CN(C(=O)COc2ccc(F)c(Cl)c2)C[C@H](C)N1. The lowest BCUT2D eigenvalue weighted by atomic mass is 10.1. The summed E-state index contributed by atoms with van der Waals surface area (Å²) in [6.45, 7) is 5.34. The largest absolute Gasteiger partial charge is 0.484 e. The molecule has 1 aliphatic rings. The number of hydrogen-bond donors (Lipinski definition) is 1. The first-order valence-electron chi connectivity index (χ1n) is 6.57. The van der Waals surface area contributed by atoms with E-state index in [1.54, 1.807) is 4.90 Å². The normalized spacial score (nSPS) is 22.7. The van der Waals surface area contributed by atoms with Gasteiger partial charge in [-0.15, -0.1) is 0 Å². The zero-order chi connectivity index (χ0) is 14.7. The Morgan fingerprint density at radius 2 is 2.10 bits per heavy atom. The van der Waals surface area contributed by atoms with Gasteiger partial charge in [-0.1, -0.05) is 11.6 Å². The van der Waals surface area contributed by atoms with Crippen molar-refractivity contribution in [2.24, 2.45) is 0 Å². The van der Waals surface area contributed by atoms with E-state index in [1.165, 1.54) is 18.2 Å². The van der Waals surface area contributed by atoms with Gasteiger partial charge < -0.3 is 15.0 Å². The maximum Gasteiger partial charge on any atom is 0.260 e. The van der Waals surface area contributed by atoms with E-state index in [9.17, 15) is 9.18 Å². The highest BCUT2D eigenvalue weighted by molar-refractivity contribution is 6.30. The molecular formula is C14H18ClFN2O2. The van der Waals surface area contributed by atoms with Crippen LogP contribution >= 0.6 is 11.6 Å². The van der Waals surface area contributed by atoms with Crippen LogP contribution in [0.15, 0.2) is 18.2 Å². The van der Waals surface area contributed by atoms with Crippen molar-refractivity contribution in [3.8, 4) is 5.75 Å². The molecule has 1 N–H and O–H groups in total. The lowest BCUT2D eigenvalue weighted by molar-refractivity contribution is -0.135. The maximum atomic E-state index is 13.0. The first kappa shape index (κ1) is 15.1. The van der Waals surface area contributed by atoms with E-state index in [1.807, 2.05) is 13.8 Å². The highest BCUT2D eigenvalue weighted by atomic mass is 35.5. The summed E-state index contributed by atoms with van der Waals surface area (Å²) < 4.78 is 18.4. The predicted octanol–water partition coefficient (Wildman–Crippen LogP) is 2.07. The van der Waals surface area contributed by atoms with E-state index in [0.717, 1.165) is 0 Å². The van der Waals surface area contributed by atoms with Crippen LogP contribution < -0.4 is 10.1 Å². The Labute approximate surface area is 122 Å². The number of ether oxygens (including phenoxy) is 1. The predicted molar refractivity (Wildman–Crippen MR) is 75.5 cm³/mol. The summed E-state index contributed by atoms with van der Waals surface area (Å²) in [5, 5.41) is 3.34. The van der Waals surface area contributed by atoms with Crippen LogP contribution in [0.25, 0.3) is 0 Å². The molecule has 0 aromatic heterocycles. The molecule has 0 saturated carbocycles. The summed E-state index contributed by atoms with van der Waals surface area (Å²) in [4.78, 5) is 13.9. The molecule has 1 aromatic carbocycles. The Morgan fingerprint density at radius 1 is 1.45 bits per heavy atom. The van der Waals surface area contributed by atoms with Gasteiger partial charge in [-0.2, -0.15) is 0 Å². The Hall–Kier alpha value is -1.33. The molecule has 0 aliphatic carbocycles. The minimum absolute atomic E-state index is 0.0145. The molecule has 2 atom stereocenters. The summed E-state index contributed by atoms with van der Waals surface area (Å²) in [7, 11) is 0. The minimum atomic E-state index is -0.505. The van der Waals surface area contributed by atoms with Gasteiger partial charge in [-0.25, -0.2) is 4.39 Å². The van der Waals surface area contributed by atoms with Gasteiger partial charge in [-0.3, -0.25) is 4.79 Å². The molecule has 0 unspecified atom stereocenters. The number of rotatable bonds is 3. The van der Waals surface area contributed by atoms with Crippen molar-refractivity contribution >= 4 is 17.5 Å². The fourth-order valence-corrected chi connectivity index (χ4v) is 2.50. The molecule has 1 fully saturated rings. The summed E-state index contributed by atoms with van der Waals surface area (Å²) in [6.07, 6.45) is 0. The van der Waals surface area contributed by atoms with Crippen LogP contribution in [0.4, 0.5) is 4.39 Å². The van der Waals surface area contributed by atoms with Crippen molar-refractivity contribution in [3.05, 3.63) is 29.0 Å². The van der Waals surface area contributed by atoms with Gasteiger partial charge in [0.1, 0.15) is 11.6 Å². The Kier molecular flexibility index (Phi) is 4.83. The lowest BCUT2D eigenvalue weighted by Gasteiger charge is -2.36. The second-order valence-corrected chi connectivity index (χ2v) is 5.54. The number of hydrogen-bond acceptors (Lipinski definition) is 3. The van der Waals surface area contributed by atoms with E-state index in [2.05, 4.69) is 5.32 Å². The molecule has 1 aliphatic heterocycles. The number of piperazine rings is 1. The first-order valence-corrected chi connectivity index (χ1v) is 6.95. The fourth-order valence-electron chi connectivity index (χ4n) is 2.33. The number of carbonyl (C=O) groups is 1. The Balaban J connectivity index is 1.89. The van der Waals surface area contributed by atoms with Gasteiger partial charge in [0.05, 0.1) is 5.02 Å². The second kappa shape index (κ2) is 6.41. The van der Waals surface area contributed by atoms with Gasteiger partial charge in [0.15, 0.2) is 6.61 Å². The number of nitrogens with zero attached hydrogens (tertiary/aromatic N) is 1. The standard InChI is InChI=1S/C14H18ClFN2O2/c1-9-6-18(7-10(2)17-9)14(19)8-20-11-3-4-13(16)12(15)5-11/h3-5,9-10,17H,6-8H2,1-2H3/t9-,10+. The number of halogens is 2. The van der Waals surface area contributed by atoms with Gasteiger partial charge in [0.25, 0.3) is 5.91 Å². The van der Waals surface area contributed by atoms with Crippen LogP contribution in [0, 0.1) is 5.82 Å². The topological polar surface area (TPSA) is 41.6 Å². The quantitative estimate of drug-likeness (QED) is 0.929. The van der Waals surface area contributed by atoms with Crippen LogP contribution in [-0.2, 0) is 4.79 Å². The maximum absolute atomic E-state index is 13.0. The van der Waals surface area contributed by atoms with E-state index in [4.69, 9.17) is 16.3 Å². The summed E-state index contributed by atoms with van der Waals surface area (Å²) in [6, 6.07) is 4.58. The molecule has 2 rings (SSSR count). The van der Waals surface area contributed by atoms with E-state index in [0.29, 0.717) is 18.8 Å². The molecule has 1 saturated heterocycles. The molecular weight excluding hydrogens is 283 g/mol. The zero-order valence-corrected chi connectivity index (χ0v) is 12.3. The van der Waals surface area contributed by atoms with Crippen molar-refractivity contribution in [1.82, 2.24) is 10.2 Å². The van der Waals surface area contributed by atoms with Gasteiger partial charge >= 0.3 is 0 Å². The molecule has 1 heterocycles. The number of carbonyl (C=O) groups excluding carboxylic acids is 1. The van der Waals surface area contributed by atoms with Crippen LogP contribution in [-0.4, -0.2) is 42.6 Å². The zero-order valence-electron chi connectivity index (χ0n) is 11.5. The fraction of sp³-hybridized carbons (Fsp3) is 0.500. The third kappa shape index (κ3) is 3.84. The van der Waals surface area contributed by atoms with Crippen LogP contribution in [0.1, 0.15) is 13.8 Å². The molecule has 0 spiro atoms. The Morgan fingerprint density at radius 3 is 2.70 bits per heavy atom. The third-order valence-electron chi connectivity index (χ3n) is 3.16. The van der Waals surface area contributed by atoms with Crippen molar-refractivity contribution in [2.45, 2.75) is 25.9 Å². The monoisotopic (exact) mass is 300 g/mol. The van der Waals surface area contributed by atoms with Crippen molar-refractivity contribution in [1.29, 1.82) is 0 Å². The van der Waals surface area contributed by atoms with E-state index in [-0.39, 0.29) is 29.6 Å². The molecule has 0 bridgehead atoms. The Bertz CT molecular complexity index is 488. The molecule has 4 nitrogen and oxygen atoms in total. The number of amides is 1. The molecule has 110 valence electrons. The molecule has 1 aromatic rings. The molecule has 6 heteroatoms. The van der Waals surface area contributed by atoms with Crippen molar-refractivity contribution in [3.63, 3.8) is 0 Å². The highest BCUT2D eigenvalue weighted by Crippen LogP contribution is 2.21. The summed E-state index contributed by atoms with van der Waals surface area (Å²) >= 11 is 5.66. The smallest absolute Gasteiger partial charge is 0.260 e. The van der Waals surface area contributed by atoms with Gasteiger partial charge in [-0.05, 0) is 26.0 Å². The summed E-state index contributed by atoms with van der Waals surface area (Å²) in [5.74, 6) is -0.193. The molecule has 20 heavy (non-hydrogen) atoms. The van der Waals surface area contributed by atoms with Crippen LogP contribution in [0.3, 0.4) is 0 Å². The highest BCUT2D eigenvalue weighted by Gasteiger charge is 2.24. The van der Waals surface area contributed by atoms with Gasteiger partial charge in [0, 0.05) is 31.2 Å². The van der Waals surface area contributed by atoms with Crippen LogP contribution in [0.5, 0.6) is 5.75 Å². The third-order valence-corrected chi connectivity index (χ3v) is 3.45. The average molecular weight is 301 g/mol. The van der Waals surface area contributed by atoms with E-state index < -0.39 is 5.82 Å². The molecule has 1 amide bonds. The molecule has 0 radical (unpaired) electrons. The summed E-state index contributed by atoms with van der Waals surface area (Å²) in [5.41, 5.74) is 0. The van der Waals surface area contributed by atoms with E-state index >= 15 is 0 Å². The number of benzene rings is 1. The van der Waals surface area contributed by atoms with Crippen molar-refractivity contribution < 1.29 is 13.9 Å². The average Bonchev–Trinajstić information content (AvgIpc) is 2.38. The van der Waals surface area contributed by atoms with Crippen LogP contribution in [0.2, 0.25) is 5.02 Å². The second-order valence-electron chi connectivity index (χ2n) is 5.13. The van der Waals surface area contributed by atoms with Crippen molar-refractivity contribution in [2.75, 3.05) is 19.7 Å². The lowest BCUT2D eigenvalue weighted by Crippen LogP contribution is -2.56. The first-order chi connectivity index (χ1) is 9.45. The minimum Gasteiger partial charge on any atom is -0.484 e. The van der Waals surface area contributed by atoms with Gasteiger partial charge in [0.2, 0.25) is 0 Å².